The first-order valence-electron chi connectivity index (χ1n) is 4.53. The van der Waals surface area contributed by atoms with Crippen LogP contribution in [-0.4, -0.2) is 5.84 Å². The average Bonchev–Trinajstić information content (AvgIpc) is 2.18. The van der Waals surface area contributed by atoms with E-state index in [4.69, 9.17) is 11.5 Å². The summed E-state index contributed by atoms with van der Waals surface area (Å²) in [4.78, 5) is 0. The maximum Gasteiger partial charge on any atom is 0.116 e. The highest BCUT2D eigenvalue weighted by Crippen LogP contribution is 2.03. The quantitative estimate of drug-likeness (QED) is 0.370. The lowest BCUT2D eigenvalue weighted by Gasteiger charge is -2.03. The van der Waals surface area contributed by atoms with Gasteiger partial charge in [-0.15, -0.1) is 0 Å². The summed E-state index contributed by atoms with van der Waals surface area (Å²) in [7, 11) is 0. The zero-order valence-electron chi connectivity index (χ0n) is 8.33. The molecule has 0 radical (unpaired) electrons. The second-order valence-electron chi connectivity index (χ2n) is 3.11. The van der Waals surface area contributed by atoms with Crippen molar-refractivity contribution in [3.05, 3.63) is 35.4 Å². The number of nitrogens with one attached hydrogen (secondary N) is 1. The van der Waals surface area contributed by atoms with E-state index in [1.165, 1.54) is 0 Å². The standard InChI is InChI=1S/C10H16N4/c1-8(12)14-13-7-10-4-2-3-9(5-10)6-11/h2-5,13H,6-7,11H2,1H3,(H2,12,14). The summed E-state index contributed by atoms with van der Waals surface area (Å²) in [5.41, 5.74) is 16.1. The van der Waals surface area contributed by atoms with Crippen LogP contribution >= 0.6 is 0 Å². The molecule has 0 aliphatic heterocycles. The van der Waals surface area contributed by atoms with Gasteiger partial charge in [0.15, 0.2) is 0 Å². The summed E-state index contributed by atoms with van der Waals surface area (Å²) in [6, 6.07) is 8.06. The molecule has 0 saturated carbocycles. The van der Waals surface area contributed by atoms with Crippen LogP contribution in [0, 0.1) is 0 Å². The summed E-state index contributed by atoms with van der Waals surface area (Å²) < 4.78 is 0. The van der Waals surface area contributed by atoms with Gasteiger partial charge in [0.05, 0.1) is 6.54 Å². The van der Waals surface area contributed by atoms with Crippen LogP contribution in [0.5, 0.6) is 0 Å². The van der Waals surface area contributed by atoms with Gasteiger partial charge in [0, 0.05) is 6.54 Å². The molecule has 4 nitrogen and oxygen atoms in total. The van der Waals surface area contributed by atoms with Gasteiger partial charge in [0.2, 0.25) is 0 Å². The van der Waals surface area contributed by atoms with Crippen molar-refractivity contribution in [2.75, 3.05) is 0 Å². The van der Waals surface area contributed by atoms with E-state index < -0.39 is 0 Å². The smallest absolute Gasteiger partial charge is 0.116 e. The van der Waals surface area contributed by atoms with Crippen LogP contribution in [0.25, 0.3) is 0 Å². The van der Waals surface area contributed by atoms with Gasteiger partial charge in [-0.3, -0.25) is 0 Å². The van der Waals surface area contributed by atoms with Crippen molar-refractivity contribution in [3.63, 3.8) is 0 Å². The summed E-state index contributed by atoms with van der Waals surface area (Å²) in [5.74, 6) is 0.528. The van der Waals surface area contributed by atoms with Gasteiger partial charge in [-0.05, 0) is 18.1 Å². The summed E-state index contributed by atoms with van der Waals surface area (Å²) in [6.07, 6.45) is 0. The number of hydrogen-bond acceptors (Lipinski definition) is 3. The highest BCUT2D eigenvalue weighted by atomic mass is 15.3. The number of hydrogen-bond donors (Lipinski definition) is 3. The number of nitrogens with zero attached hydrogens (tertiary/aromatic N) is 1. The third kappa shape index (κ3) is 3.45. The second kappa shape index (κ2) is 5.24. The Balaban J connectivity index is 2.54. The molecule has 0 aliphatic rings. The first-order valence-corrected chi connectivity index (χ1v) is 4.53. The van der Waals surface area contributed by atoms with Gasteiger partial charge in [-0.1, -0.05) is 24.3 Å². The van der Waals surface area contributed by atoms with Crippen LogP contribution in [0.4, 0.5) is 0 Å². The molecule has 1 aromatic rings. The minimum absolute atomic E-state index is 0.528. The molecule has 1 rings (SSSR count). The highest BCUT2D eigenvalue weighted by Gasteiger charge is 1.93. The van der Waals surface area contributed by atoms with E-state index in [1.807, 2.05) is 24.3 Å². The van der Waals surface area contributed by atoms with Crippen molar-refractivity contribution >= 4 is 5.84 Å². The molecular formula is C10H16N4. The lowest BCUT2D eigenvalue weighted by atomic mass is 10.1. The molecule has 0 saturated heterocycles. The molecule has 0 aromatic heterocycles. The number of amidine groups is 1. The highest BCUT2D eigenvalue weighted by molar-refractivity contribution is 5.77. The molecule has 76 valence electrons. The summed E-state index contributed by atoms with van der Waals surface area (Å²) in [5, 5.41) is 3.89. The minimum atomic E-state index is 0.528. The molecule has 0 spiro atoms. The van der Waals surface area contributed by atoms with Crippen LogP contribution < -0.4 is 16.9 Å². The van der Waals surface area contributed by atoms with Crippen molar-refractivity contribution in [1.82, 2.24) is 5.43 Å². The van der Waals surface area contributed by atoms with Crippen LogP contribution in [0.1, 0.15) is 18.1 Å². The van der Waals surface area contributed by atoms with Crippen molar-refractivity contribution in [2.45, 2.75) is 20.0 Å². The topological polar surface area (TPSA) is 76.4 Å². The maximum absolute atomic E-state index is 5.53. The Morgan fingerprint density at radius 2 is 2.14 bits per heavy atom. The molecule has 0 aliphatic carbocycles. The van der Waals surface area contributed by atoms with Crippen LogP contribution in [0.3, 0.4) is 0 Å². The molecule has 0 fully saturated rings. The van der Waals surface area contributed by atoms with Gasteiger partial charge in [0.25, 0.3) is 0 Å². The fourth-order valence-corrected chi connectivity index (χ4v) is 1.12. The molecule has 14 heavy (non-hydrogen) atoms. The van der Waals surface area contributed by atoms with Gasteiger partial charge >= 0.3 is 0 Å². The molecule has 4 heteroatoms. The van der Waals surface area contributed by atoms with E-state index in [0.717, 1.165) is 11.1 Å². The Kier molecular flexibility index (Phi) is 3.94. The molecule has 0 bridgehead atoms. The largest absolute Gasteiger partial charge is 0.386 e. The number of hydrazone groups is 1. The van der Waals surface area contributed by atoms with Crippen LogP contribution in [0.2, 0.25) is 0 Å². The molecule has 5 N–H and O–H groups in total. The zero-order valence-corrected chi connectivity index (χ0v) is 8.33. The second-order valence-corrected chi connectivity index (χ2v) is 3.11. The lowest BCUT2D eigenvalue weighted by Crippen LogP contribution is -2.14. The first-order chi connectivity index (χ1) is 6.72. The molecular weight excluding hydrogens is 176 g/mol. The number of rotatable bonds is 4. The van der Waals surface area contributed by atoms with E-state index in [2.05, 4.69) is 10.5 Å². The summed E-state index contributed by atoms with van der Waals surface area (Å²) in [6.45, 7) is 2.97. The van der Waals surface area contributed by atoms with Crippen molar-refractivity contribution < 1.29 is 0 Å². The van der Waals surface area contributed by atoms with Gasteiger partial charge in [0.1, 0.15) is 5.84 Å². The molecule has 0 atom stereocenters. The fraction of sp³-hybridized carbons (Fsp3) is 0.300. The monoisotopic (exact) mass is 192 g/mol. The zero-order chi connectivity index (χ0) is 10.4. The lowest BCUT2D eigenvalue weighted by molar-refractivity contribution is 0.740. The fourth-order valence-electron chi connectivity index (χ4n) is 1.12. The Labute approximate surface area is 84.0 Å². The average molecular weight is 192 g/mol. The molecule has 0 amide bonds. The summed E-state index contributed by atoms with van der Waals surface area (Å²) >= 11 is 0. The number of nitrogens with two attached hydrogens (primary N) is 2. The van der Waals surface area contributed by atoms with Crippen molar-refractivity contribution in [2.24, 2.45) is 16.6 Å². The van der Waals surface area contributed by atoms with Crippen LogP contribution in [0.15, 0.2) is 29.4 Å². The Bertz CT molecular complexity index is 316. The van der Waals surface area contributed by atoms with Gasteiger partial charge in [-0.2, -0.15) is 5.10 Å². The van der Waals surface area contributed by atoms with E-state index >= 15 is 0 Å². The Morgan fingerprint density at radius 3 is 2.79 bits per heavy atom. The third-order valence-electron chi connectivity index (χ3n) is 1.77. The van der Waals surface area contributed by atoms with Crippen molar-refractivity contribution in [1.29, 1.82) is 0 Å². The van der Waals surface area contributed by atoms with Gasteiger partial charge < -0.3 is 16.9 Å². The van der Waals surface area contributed by atoms with E-state index in [9.17, 15) is 0 Å². The predicted molar refractivity (Wildman–Crippen MR) is 58.5 cm³/mol. The molecule has 0 unspecified atom stereocenters. The normalized spacial score (nSPS) is 11.4. The van der Waals surface area contributed by atoms with Crippen molar-refractivity contribution in [3.8, 4) is 0 Å². The Morgan fingerprint density at radius 1 is 1.43 bits per heavy atom. The van der Waals surface area contributed by atoms with Gasteiger partial charge in [-0.25, -0.2) is 0 Å². The molecule has 1 aromatic carbocycles. The van der Waals surface area contributed by atoms with E-state index in [-0.39, 0.29) is 0 Å². The minimum Gasteiger partial charge on any atom is -0.386 e. The van der Waals surface area contributed by atoms with E-state index in [1.54, 1.807) is 6.92 Å². The maximum atomic E-state index is 5.53. The number of benzene rings is 1. The molecule has 0 heterocycles. The van der Waals surface area contributed by atoms with Crippen LogP contribution in [-0.2, 0) is 13.1 Å². The first kappa shape index (κ1) is 10.5. The third-order valence-corrected chi connectivity index (χ3v) is 1.77. The van der Waals surface area contributed by atoms with E-state index in [0.29, 0.717) is 18.9 Å². The predicted octanol–water partition coefficient (Wildman–Crippen LogP) is 0.527. The Hall–Kier alpha value is -1.55. The SMILES string of the molecule is C/C(N)=N/NCc1cccc(CN)c1.